The van der Waals surface area contributed by atoms with E-state index in [1.54, 1.807) is 0 Å². The maximum atomic E-state index is 6.05. The van der Waals surface area contributed by atoms with E-state index >= 15 is 0 Å². The van der Waals surface area contributed by atoms with E-state index in [2.05, 4.69) is 21.0 Å². The molecule has 0 aliphatic rings. The van der Waals surface area contributed by atoms with Gasteiger partial charge >= 0.3 is 0 Å². The van der Waals surface area contributed by atoms with Crippen LogP contribution < -0.4 is 5.73 Å². The molecule has 0 saturated heterocycles. The van der Waals surface area contributed by atoms with Gasteiger partial charge in [0.2, 0.25) is 0 Å². The number of rotatable bonds is 6. The minimum atomic E-state index is 0.123. The average molecular weight is 290 g/mol. The molecule has 1 heterocycles. The van der Waals surface area contributed by atoms with Gasteiger partial charge in [-0.2, -0.15) is 5.10 Å². The van der Waals surface area contributed by atoms with Gasteiger partial charge in [-0.15, -0.1) is 0 Å². The standard InChI is InChI=1S/C11H20BrN3O/c1-4-16-6-5-9(13)7-10-11(12)8(2)14-15(10)3/h9H,4-7,13H2,1-3H3. The van der Waals surface area contributed by atoms with Crippen molar-refractivity contribution in [2.45, 2.75) is 32.7 Å². The normalized spacial score (nSPS) is 13.1. The molecule has 92 valence electrons. The lowest BCUT2D eigenvalue weighted by atomic mass is 10.1. The highest BCUT2D eigenvalue weighted by atomic mass is 79.9. The molecule has 1 aromatic rings. The van der Waals surface area contributed by atoms with E-state index in [0.29, 0.717) is 0 Å². The lowest BCUT2D eigenvalue weighted by Crippen LogP contribution is -2.26. The molecule has 5 heteroatoms. The first-order chi connectivity index (χ1) is 7.56. The molecule has 0 aliphatic heterocycles. The van der Waals surface area contributed by atoms with Crippen LogP contribution in [0.15, 0.2) is 4.47 Å². The molecular weight excluding hydrogens is 270 g/mol. The summed E-state index contributed by atoms with van der Waals surface area (Å²) in [5, 5.41) is 4.34. The molecule has 0 aromatic carbocycles. The van der Waals surface area contributed by atoms with Gasteiger partial charge in [0.1, 0.15) is 0 Å². The smallest absolute Gasteiger partial charge is 0.0738 e. The number of aryl methyl sites for hydroxylation is 2. The number of halogens is 1. The highest BCUT2D eigenvalue weighted by Gasteiger charge is 2.13. The Morgan fingerprint density at radius 2 is 2.25 bits per heavy atom. The highest BCUT2D eigenvalue weighted by Crippen LogP contribution is 2.21. The van der Waals surface area contributed by atoms with Crippen molar-refractivity contribution in [3.63, 3.8) is 0 Å². The van der Waals surface area contributed by atoms with Gasteiger partial charge in [-0.3, -0.25) is 4.68 Å². The largest absolute Gasteiger partial charge is 0.382 e. The Hall–Kier alpha value is -0.390. The quantitative estimate of drug-likeness (QED) is 0.813. The van der Waals surface area contributed by atoms with Crippen molar-refractivity contribution < 1.29 is 4.74 Å². The summed E-state index contributed by atoms with van der Waals surface area (Å²) in [4.78, 5) is 0. The van der Waals surface area contributed by atoms with Gasteiger partial charge in [-0.25, -0.2) is 0 Å². The van der Waals surface area contributed by atoms with Gasteiger partial charge in [0.25, 0.3) is 0 Å². The molecule has 0 bridgehead atoms. The molecule has 0 fully saturated rings. The number of hydrogen-bond donors (Lipinski definition) is 1. The first-order valence-electron chi connectivity index (χ1n) is 5.57. The van der Waals surface area contributed by atoms with Crippen molar-refractivity contribution in [3.8, 4) is 0 Å². The monoisotopic (exact) mass is 289 g/mol. The second kappa shape index (κ2) is 6.37. The summed E-state index contributed by atoms with van der Waals surface area (Å²) in [6.45, 7) is 5.46. The van der Waals surface area contributed by atoms with Crippen molar-refractivity contribution in [1.82, 2.24) is 9.78 Å². The van der Waals surface area contributed by atoms with Gasteiger partial charge in [-0.05, 0) is 36.2 Å². The summed E-state index contributed by atoms with van der Waals surface area (Å²) in [5.74, 6) is 0. The van der Waals surface area contributed by atoms with Crippen LogP contribution in [-0.4, -0.2) is 29.0 Å². The second-order valence-corrected chi connectivity index (χ2v) is 4.71. The molecule has 1 aromatic heterocycles. The molecule has 0 aliphatic carbocycles. The van der Waals surface area contributed by atoms with Crippen LogP contribution >= 0.6 is 15.9 Å². The van der Waals surface area contributed by atoms with Gasteiger partial charge in [-0.1, -0.05) is 0 Å². The summed E-state index contributed by atoms with van der Waals surface area (Å²) in [6, 6.07) is 0.123. The molecule has 1 atom stereocenters. The van der Waals surface area contributed by atoms with E-state index in [9.17, 15) is 0 Å². The average Bonchev–Trinajstić information content (AvgIpc) is 2.46. The van der Waals surface area contributed by atoms with Crippen LogP contribution in [0.4, 0.5) is 0 Å². The molecule has 4 nitrogen and oxygen atoms in total. The third kappa shape index (κ3) is 3.57. The maximum Gasteiger partial charge on any atom is 0.0738 e. The van der Waals surface area contributed by atoms with Crippen LogP contribution in [-0.2, 0) is 18.2 Å². The van der Waals surface area contributed by atoms with Crippen molar-refractivity contribution in [2.24, 2.45) is 12.8 Å². The molecule has 1 rings (SSSR count). The van der Waals surface area contributed by atoms with Crippen LogP contribution in [0, 0.1) is 6.92 Å². The second-order valence-electron chi connectivity index (χ2n) is 3.92. The zero-order valence-corrected chi connectivity index (χ0v) is 11.7. The Bertz CT molecular complexity index is 338. The van der Waals surface area contributed by atoms with Crippen LogP contribution in [0.25, 0.3) is 0 Å². The fourth-order valence-corrected chi connectivity index (χ4v) is 2.13. The van der Waals surface area contributed by atoms with Crippen molar-refractivity contribution in [2.75, 3.05) is 13.2 Å². The Kier molecular flexibility index (Phi) is 5.44. The SMILES string of the molecule is CCOCCC(N)Cc1c(Br)c(C)nn1C. The number of hydrogen-bond acceptors (Lipinski definition) is 3. The third-order valence-corrected chi connectivity index (χ3v) is 3.59. The third-order valence-electron chi connectivity index (χ3n) is 2.55. The van der Waals surface area contributed by atoms with Gasteiger partial charge < -0.3 is 10.5 Å². The summed E-state index contributed by atoms with van der Waals surface area (Å²) >= 11 is 3.54. The van der Waals surface area contributed by atoms with E-state index in [0.717, 1.165) is 41.9 Å². The molecule has 1 unspecified atom stereocenters. The molecule has 2 N–H and O–H groups in total. The maximum absolute atomic E-state index is 6.05. The van der Waals surface area contributed by atoms with Gasteiger partial charge in [0.15, 0.2) is 0 Å². The van der Waals surface area contributed by atoms with Crippen LogP contribution in [0.1, 0.15) is 24.7 Å². The number of nitrogens with two attached hydrogens (primary N) is 1. The minimum Gasteiger partial charge on any atom is -0.382 e. The van der Waals surface area contributed by atoms with E-state index in [1.165, 1.54) is 0 Å². The van der Waals surface area contributed by atoms with Crippen molar-refractivity contribution >= 4 is 15.9 Å². The first kappa shape index (κ1) is 13.7. The van der Waals surface area contributed by atoms with Crippen molar-refractivity contribution in [3.05, 3.63) is 15.9 Å². The van der Waals surface area contributed by atoms with E-state index < -0.39 is 0 Å². The fourth-order valence-electron chi connectivity index (χ4n) is 1.63. The van der Waals surface area contributed by atoms with Gasteiger partial charge in [0, 0.05) is 32.7 Å². The minimum absolute atomic E-state index is 0.123. The number of ether oxygens (including phenoxy) is 1. The predicted molar refractivity (Wildman–Crippen MR) is 68.4 cm³/mol. The molecule has 16 heavy (non-hydrogen) atoms. The number of aromatic nitrogens is 2. The van der Waals surface area contributed by atoms with E-state index in [4.69, 9.17) is 10.5 Å². The predicted octanol–water partition coefficient (Wildman–Crippen LogP) is 1.79. The Balaban J connectivity index is 2.52. The lowest BCUT2D eigenvalue weighted by molar-refractivity contribution is 0.139. The zero-order chi connectivity index (χ0) is 12.1. The molecule has 0 radical (unpaired) electrons. The van der Waals surface area contributed by atoms with E-state index in [-0.39, 0.29) is 6.04 Å². The van der Waals surface area contributed by atoms with Crippen LogP contribution in [0.3, 0.4) is 0 Å². The lowest BCUT2D eigenvalue weighted by Gasteiger charge is -2.12. The van der Waals surface area contributed by atoms with Gasteiger partial charge in [0.05, 0.1) is 15.9 Å². The molecule has 0 spiro atoms. The molecule has 0 amide bonds. The fraction of sp³-hybridized carbons (Fsp3) is 0.727. The summed E-state index contributed by atoms with van der Waals surface area (Å²) in [7, 11) is 1.95. The summed E-state index contributed by atoms with van der Waals surface area (Å²) < 4.78 is 8.25. The van der Waals surface area contributed by atoms with Crippen molar-refractivity contribution in [1.29, 1.82) is 0 Å². The Morgan fingerprint density at radius 3 is 2.75 bits per heavy atom. The molecule has 0 saturated carbocycles. The molecular formula is C11H20BrN3O. The summed E-state index contributed by atoms with van der Waals surface area (Å²) in [5.41, 5.74) is 8.21. The summed E-state index contributed by atoms with van der Waals surface area (Å²) in [6.07, 6.45) is 1.70. The highest BCUT2D eigenvalue weighted by molar-refractivity contribution is 9.10. The first-order valence-corrected chi connectivity index (χ1v) is 6.36. The zero-order valence-electron chi connectivity index (χ0n) is 10.2. The van der Waals surface area contributed by atoms with Crippen LogP contribution in [0.5, 0.6) is 0 Å². The topological polar surface area (TPSA) is 53.1 Å². The Morgan fingerprint density at radius 1 is 1.56 bits per heavy atom. The number of nitrogens with zero attached hydrogens (tertiary/aromatic N) is 2. The van der Waals surface area contributed by atoms with Crippen LogP contribution in [0.2, 0.25) is 0 Å². The Labute approximate surface area is 105 Å². The van der Waals surface area contributed by atoms with E-state index in [1.807, 2.05) is 25.6 Å².